The van der Waals surface area contributed by atoms with Crippen molar-refractivity contribution in [3.05, 3.63) is 69.8 Å². The standard InChI is InChI=1S/C23H28ClN7/c1-3-30-8-10-31(11-9-30)14-16-12-20-18(13-27-16)22(17-6-4-5-7-19(17)24)29-21(15(2)25)23(26)28-20/h4-7,12-13H,3,8-11,14,25H2,1-2H3,(H2,26,28)/b21-15+. The molecular weight excluding hydrogens is 410 g/mol. The van der Waals surface area contributed by atoms with E-state index in [9.17, 15) is 0 Å². The van der Waals surface area contributed by atoms with Gasteiger partial charge < -0.3 is 16.0 Å². The van der Waals surface area contributed by atoms with Crippen molar-refractivity contribution in [1.29, 1.82) is 5.41 Å². The molecule has 2 aliphatic heterocycles. The molecule has 0 unspecified atom stereocenters. The molecule has 0 atom stereocenters. The molecule has 0 aliphatic carbocycles. The summed E-state index contributed by atoms with van der Waals surface area (Å²) >= 11 is 6.49. The highest BCUT2D eigenvalue weighted by Gasteiger charge is 2.24. The lowest BCUT2D eigenvalue weighted by Crippen LogP contribution is -2.45. The molecule has 4 N–H and O–H groups in total. The van der Waals surface area contributed by atoms with Crippen LogP contribution in [0.4, 0.5) is 5.69 Å². The van der Waals surface area contributed by atoms with Crippen LogP contribution in [0, 0.1) is 5.41 Å². The zero-order valence-corrected chi connectivity index (χ0v) is 18.7. The van der Waals surface area contributed by atoms with Gasteiger partial charge in [-0.2, -0.15) is 0 Å². The number of aliphatic imine (C=N–C) groups is 1. The summed E-state index contributed by atoms with van der Waals surface area (Å²) in [5.41, 5.74) is 10.9. The number of fused-ring (bicyclic) bond motifs is 1. The van der Waals surface area contributed by atoms with Crippen LogP contribution in [0.15, 0.2) is 52.9 Å². The Morgan fingerprint density at radius 1 is 1.16 bits per heavy atom. The van der Waals surface area contributed by atoms with E-state index in [1.54, 1.807) is 6.92 Å². The normalized spacial score (nSPS) is 19.3. The first-order chi connectivity index (χ1) is 15.0. The number of halogens is 1. The minimum atomic E-state index is 0.164. The van der Waals surface area contributed by atoms with E-state index in [-0.39, 0.29) is 5.84 Å². The maximum atomic E-state index is 8.49. The fraction of sp³-hybridized carbons (Fsp3) is 0.348. The Hall–Kier alpha value is -2.74. The molecule has 0 amide bonds. The Labute approximate surface area is 188 Å². The average Bonchev–Trinajstić information content (AvgIpc) is 2.90. The van der Waals surface area contributed by atoms with Gasteiger partial charge in [0.2, 0.25) is 0 Å². The molecule has 4 rings (SSSR count). The van der Waals surface area contributed by atoms with Crippen LogP contribution in [0.5, 0.6) is 0 Å². The van der Waals surface area contributed by atoms with Gasteiger partial charge in [0, 0.05) is 60.8 Å². The van der Waals surface area contributed by atoms with E-state index in [1.165, 1.54) is 0 Å². The second-order valence-corrected chi connectivity index (χ2v) is 8.31. The molecule has 0 radical (unpaired) electrons. The van der Waals surface area contributed by atoms with Crippen molar-refractivity contribution in [2.24, 2.45) is 10.7 Å². The second-order valence-electron chi connectivity index (χ2n) is 7.90. The number of allylic oxidation sites excluding steroid dienone is 1. The highest BCUT2D eigenvalue weighted by molar-refractivity contribution is 6.36. The highest BCUT2D eigenvalue weighted by atomic mass is 35.5. The van der Waals surface area contributed by atoms with Crippen LogP contribution in [-0.4, -0.2) is 59.1 Å². The van der Waals surface area contributed by atoms with Gasteiger partial charge in [-0.25, -0.2) is 4.99 Å². The van der Waals surface area contributed by atoms with Gasteiger partial charge in [0.25, 0.3) is 0 Å². The highest BCUT2D eigenvalue weighted by Crippen LogP contribution is 2.29. The number of hydrogen-bond donors (Lipinski definition) is 3. The average molecular weight is 438 g/mol. The molecule has 1 fully saturated rings. The molecule has 0 saturated carbocycles. The van der Waals surface area contributed by atoms with Crippen molar-refractivity contribution in [3.63, 3.8) is 0 Å². The predicted octanol–water partition coefficient (Wildman–Crippen LogP) is 3.30. The number of aromatic nitrogens is 1. The zero-order chi connectivity index (χ0) is 22.0. The van der Waals surface area contributed by atoms with Crippen molar-refractivity contribution < 1.29 is 0 Å². The van der Waals surface area contributed by atoms with Gasteiger partial charge in [0.05, 0.1) is 17.1 Å². The van der Waals surface area contributed by atoms with Crippen LogP contribution in [0.1, 0.15) is 30.7 Å². The summed E-state index contributed by atoms with van der Waals surface area (Å²) in [6, 6.07) is 9.57. The van der Waals surface area contributed by atoms with Gasteiger partial charge in [-0.15, -0.1) is 0 Å². The first-order valence-corrected chi connectivity index (χ1v) is 10.9. The SMILES string of the molecule is CCN1CCN(Cc2cc3c(cn2)C(c2ccccc2Cl)=N/C(=C(\C)N)C(=N)N3)CC1. The maximum Gasteiger partial charge on any atom is 0.150 e. The monoisotopic (exact) mass is 437 g/mol. The molecule has 0 bridgehead atoms. The number of nitrogens with zero attached hydrogens (tertiary/aromatic N) is 4. The van der Waals surface area contributed by atoms with Gasteiger partial charge in [0.1, 0.15) is 5.70 Å². The number of nitrogens with two attached hydrogens (primary N) is 1. The molecule has 1 saturated heterocycles. The molecule has 2 aliphatic rings. The maximum absolute atomic E-state index is 8.49. The number of rotatable bonds is 4. The van der Waals surface area contributed by atoms with Crippen molar-refractivity contribution >= 4 is 28.8 Å². The van der Waals surface area contributed by atoms with Crippen LogP contribution < -0.4 is 11.1 Å². The number of benzene rings is 1. The smallest absolute Gasteiger partial charge is 0.150 e. The Morgan fingerprint density at radius 3 is 2.55 bits per heavy atom. The molecule has 162 valence electrons. The summed E-state index contributed by atoms with van der Waals surface area (Å²) in [6.07, 6.45) is 1.82. The number of piperazine rings is 1. The van der Waals surface area contributed by atoms with E-state index in [1.807, 2.05) is 36.5 Å². The van der Waals surface area contributed by atoms with Gasteiger partial charge in [0.15, 0.2) is 5.84 Å². The number of hydrogen-bond acceptors (Lipinski definition) is 6. The van der Waals surface area contributed by atoms with E-state index in [0.29, 0.717) is 22.1 Å². The van der Waals surface area contributed by atoms with E-state index in [0.717, 1.165) is 61.8 Å². The molecule has 1 aromatic carbocycles. The quantitative estimate of drug-likeness (QED) is 0.682. The van der Waals surface area contributed by atoms with Crippen molar-refractivity contribution in [2.45, 2.75) is 20.4 Å². The van der Waals surface area contributed by atoms with Crippen LogP contribution in [0.3, 0.4) is 0 Å². The number of anilines is 1. The summed E-state index contributed by atoms with van der Waals surface area (Å²) < 4.78 is 0. The molecule has 7 nitrogen and oxygen atoms in total. The second kappa shape index (κ2) is 9.18. The van der Waals surface area contributed by atoms with E-state index < -0.39 is 0 Å². The Balaban J connectivity index is 1.70. The molecule has 3 heterocycles. The van der Waals surface area contributed by atoms with Gasteiger partial charge >= 0.3 is 0 Å². The first-order valence-electron chi connectivity index (χ1n) is 10.6. The summed E-state index contributed by atoms with van der Waals surface area (Å²) in [5.74, 6) is 0.164. The van der Waals surface area contributed by atoms with Crippen molar-refractivity contribution in [3.8, 4) is 0 Å². The lowest BCUT2D eigenvalue weighted by atomic mass is 10.0. The van der Waals surface area contributed by atoms with Crippen molar-refractivity contribution in [1.82, 2.24) is 14.8 Å². The Kier molecular flexibility index (Phi) is 6.36. The minimum absolute atomic E-state index is 0.164. The lowest BCUT2D eigenvalue weighted by Gasteiger charge is -2.33. The number of nitrogens with one attached hydrogen (secondary N) is 2. The van der Waals surface area contributed by atoms with Crippen LogP contribution in [-0.2, 0) is 6.54 Å². The van der Waals surface area contributed by atoms with E-state index in [2.05, 4.69) is 22.0 Å². The van der Waals surface area contributed by atoms with Gasteiger partial charge in [-0.1, -0.05) is 36.7 Å². The van der Waals surface area contributed by atoms with E-state index >= 15 is 0 Å². The Bertz CT molecular complexity index is 1050. The number of amidine groups is 1. The van der Waals surface area contributed by atoms with Gasteiger partial charge in [-0.3, -0.25) is 15.3 Å². The van der Waals surface area contributed by atoms with Crippen LogP contribution in [0.2, 0.25) is 5.02 Å². The van der Waals surface area contributed by atoms with Gasteiger partial charge in [-0.05, 0) is 25.6 Å². The summed E-state index contributed by atoms with van der Waals surface area (Å²) in [4.78, 5) is 14.3. The third kappa shape index (κ3) is 4.63. The molecule has 1 aromatic heterocycles. The first kappa shape index (κ1) is 21.5. The third-order valence-corrected chi connectivity index (χ3v) is 6.07. The summed E-state index contributed by atoms with van der Waals surface area (Å²) in [5, 5.41) is 12.3. The molecule has 2 aromatic rings. The fourth-order valence-corrected chi connectivity index (χ4v) is 4.16. The molecular formula is C23H28ClN7. The number of likely N-dealkylation sites (N-methyl/N-ethyl adjacent to an activating group) is 1. The largest absolute Gasteiger partial charge is 0.400 e. The van der Waals surface area contributed by atoms with Crippen LogP contribution in [0.25, 0.3) is 0 Å². The third-order valence-electron chi connectivity index (χ3n) is 5.74. The summed E-state index contributed by atoms with van der Waals surface area (Å²) in [7, 11) is 0. The minimum Gasteiger partial charge on any atom is -0.400 e. The number of pyridine rings is 1. The topological polar surface area (TPSA) is 93.6 Å². The molecule has 31 heavy (non-hydrogen) atoms. The fourth-order valence-electron chi connectivity index (χ4n) is 3.94. The van der Waals surface area contributed by atoms with Crippen molar-refractivity contribution in [2.75, 3.05) is 38.0 Å². The Morgan fingerprint density at radius 2 is 1.87 bits per heavy atom. The van der Waals surface area contributed by atoms with Crippen LogP contribution >= 0.6 is 11.6 Å². The molecule has 8 heteroatoms. The predicted molar refractivity (Wildman–Crippen MR) is 127 cm³/mol. The molecule has 0 spiro atoms. The summed E-state index contributed by atoms with van der Waals surface area (Å²) in [6.45, 7) is 10.0. The zero-order valence-electron chi connectivity index (χ0n) is 18.0. The lowest BCUT2D eigenvalue weighted by molar-refractivity contribution is 0.131. The van der Waals surface area contributed by atoms with E-state index in [4.69, 9.17) is 32.7 Å².